The van der Waals surface area contributed by atoms with Gasteiger partial charge in [0.1, 0.15) is 0 Å². The van der Waals surface area contributed by atoms with Crippen LogP contribution in [0.3, 0.4) is 0 Å². The standard InChI is InChI=1S/C15H22N2S/c1-11(2)17(10-15(16)18)9-12-6-7-13-4-3-5-14(13)8-12/h6-8,11H,3-5,9-10H2,1-2H3,(H2,16,18). The molecule has 0 unspecified atom stereocenters. The molecule has 1 aromatic rings. The van der Waals surface area contributed by atoms with Crippen molar-refractivity contribution in [3.05, 3.63) is 34.9 Å². The second-order valence-corrected chi connectivity index (χ2v) is 5.95. The van der Waals surface area contributed by atoms with Crippen LogP contribution in [0.2, 0.25) is 0 Å². The minimum atomic E-state index is 0.458. The third-order valence-electron chi connectivity index (χ3n) is 3.64. The van der Waals surface area contributed by atoms with Gasteiger partial charge in [0.15, 0.2) is 0 Å². The molecule has 98 valence electrons. The Morgan fingerprint density at radius 3 is 2.72 bits per heavy atom. The van der Waals surface area contributed by atoms with Gasteiger partial charge in [-0.1, -0.05) is 30.4 Å². The summed E-state index contributed by atoms with van der Waals surface area (Å²) in [6.45, 7) is 6.00. The van der Waals surface area contributed by atoms with Crippen molar-refractivity contribution in [2.45, 2.75) is 45.7 Å². The van der Waals surface area contributed by atoms with Crippen molar-refractivity contribution in [3.8, 4) is 0 Å². The average Bonchev–Trinajstić information content (AvgIpc) is 2.74. The molecule has 0 heterocycles. The predicted octanol–water partition coefficient (Wildman–Crippen LogP) is 2.67. The minimum Gasteiger partial charge on any atom is -0.392 e. The number of hydrogen-bond acceptors (Lipinski definition) is 2. The van der Waals surface area contributed by atoms with Gasteiger partial charge < -0.3 is 5.73 Å². The highest BCUT2D eigenvalue weighted by atomic mass is 32.1. The minimum absolute atomic E-state index is 0.458. The van der Waals surface area contributed by atoms with E-state index in [-0.39, 0.29) is 0 Å². The molecular formula is C15H22N2S. The van der Waals surface area contributed by atoms with Gasteiger partial charge in [-0.2, -0.15) is 0 Å². The molecule has 0 fully saturated rings. The van der Waals surface area contributed by atoms with Gasteiger partial charge in [0.05, 0.1) is 4.99 Å². The third-order valence-corrected chi connectivity index (χ3v) is 3.77. The van der Waals surface area contributed by atoms with Crippen molar-refractivity contribution < 1.29 is 0 Å². The fourth-order valence-corrected chi connectivity index (χ4v) is 2.75. The molecule has 0 aliphatic heterocycles. The highest BCUT2D eigenvalue weighted by molar-refractivity contribution is 7.80. The molecule has 0 atom stereocenters. The molecule has 1 aliphatic carbocycles. The van der Waals surface area contributed by atoms with E-state index in [0.717, 1.165) is 6.54 Å². The van der Waals surface area contributed by atoms with Crippen LogP contribution >= 0.6 is 12.2 Å². The summed E-state index contributed by atoms with van der Waals surface area (Å²) < 4.78 is 0. The molecule has 2 rings (SSSR count). The Kier molecular flexibility index (Phi) is 4.36. The van der Waals surface area contributed by atoms with E-state index in [0.29, 0.717) is 17.6 Å². The lowest BCUT2D eigenvalue weighted by Crippen LogP contribution is -2.37. The molecule has 0 bridgehead atoms. The molecule has 2 N–H and O–H groups in total. The van der Waals surface area contributed by atoms with Gasteiger partial charge in [-0.25, -0.2) is 0 Å². The number of hydrogen-bond donors (Lipinski definition) is 1. The summed E-state index contributed by atoms with van der Waals surface area (Å²) in [5, 5.41) is 0. The van der Waals surface area contributed by atoms with Crippen molar-refractivity contribution in [1.29, 1.82) is 0 Å². The Balaban J connectivity index is 2.09. The summed E-state index contributed by atoms with van der Waals surface area (Å²) in [5.74, 6) is 0. The third kappa shape index (κ3) is 3.30. The molecule has 0 radical (unpaired) electrons. The molecule has 3 heteroatoms. The van der Waals surface area contributed by atoms with Crippen molar-refractivity contribution >= 4 is 17.2 Å². The maximum Gasteiger partial charge on any atom is 0.0870 e. The van der Waals surface area contributed by atoms with Gasteiger partial charge >= 0.3 is 0 Å². The van der Waals surface area contributed by atoms with Crippen LogP contribution in [-0.4, -0.2) is 22.5 Å². The largest absolute Gasteiger partial charge is 0.392 e. The number of rotatable bonds is 5. The zero-order chi connectivity index (χ0) is 13.1. The maximum atomic E-state index is 5.66. The van der Waals surface area contributed by atoms with Crippen molar-refractivity contribution in [3.63, 3.8) is 0 Å². The Labute approximate surface area is 115 Å². The quantitative estimate of drug-likeness (QED) is 0.827. The SMILES string of the molecule is CC(C)N(CC(N)=S)Cc1ccc2c(c1)CCC2. The zero-order valence-electron chi connectivity index (χ0n) is 11.3. The van der Waals surface area contributed by atoms with Crippen molar-refractivity contribution in [2.75, 3.05) is 6.54 Å². The monoisotopic (exact) mass is 262 g/mol. The lowest BCUT2D eigenvalue weighted by atomic mass is 10.1. The Bertz CT molecular complexity index is 440. The lowest BCUT2D eigenvalue weighted by Gasteiger charge is -2.26. The number of fused-ring (bicyclic) bond motifs is 1. The fraction of sp³-hybridized carbons (Fsp3) is 0.533. The van der Waals surface area contributed by atoms with Crippen molar-refractivity contribution in [2.24, 2.45) is 5.73 Å². The van der Waals surface area contributed by atoms with Crippen LogP contribution in [0.4, 0.5) is 0 Å². The summed E-state index contributed by atoms with van der Waals surface area (Å²) in [4.78, 5) is 2.89. The summed E-state index contributed by atoms with van der Waals surface area (Å²) in [6.07, 6.45) is 3.79. The normalized spacial score (nSPS) is 14.2. The van der Waals surface area contributed by atoms with E-state index in [1.807, 2.05) is 0 Å². The molecule has 1 aromatic carbocycles. The predicted molar refractivity (Wildman–Crippen MR) is 80.8 cm³/mol. The van der Waals surface area contributed by atoms with Gasteiger partial charge in [0.25, 0.3) is 0 Å². The first-order valence-electron chi connectivity index (χ1n) is 6.69. The van der Waals surface area contributed by atoms with Crippen LogP contribution in [0.15, 0.2) is 18.2 Å². The first-order valence-corrected chi connectivity index (χ1v) is 7.10. The van der Waals surface area contributed by atoms with E-state index in [2.05, 4.69) is 36.9 Å². The van der Waals surface area contributed by atoms with Crippen LogP contribution in [0.5, 0.6) is 0 Å². The van der Waals surface area contributed by atoms with Gasteiger partial charge in [-0.3, -0.25) is 4.90 Å². The smallest absolute Gasteiger partial charge is 0.0870 e. The number of aryl methyl sites for hydroxylation is 2. The Hall–Kier alpha value is -0.930. The maximum absolute atomic E-state index is 5.66. The van der Waals surface area contributed by atoms with E-state index < -0.39 is 0 Å². The second-order valence-electron chi connectivity index (χ2n) is 5.42. The Morgan fingerprint density at radius 2 is 2.06 bits per heavy atom. The van der Waals surface area contributed by atoms with Crippen LogP contribution in [0.25, 0.3) is 0 Å². The number of nitrogens with two attached hydrogens (primary N) is 1. The highest BCUT2D eigenvalue weighted by Crippen LogP contribution is 2.23. The van der Waals surface area contributed by atoms with Gasteiger partial charge in [-0.15, -0.1) is 0 Å². The van der Waals surface area contributed by atoms with Crippen LogP contribution in [0, 0.1) is 0 Å². The molecular weight excluding hydrogens is 240 g/mol. The molecule has 1 aliphatic rings. The molecule has 0 saturated carbocycles. The first kappa shape index (κ1) is 13.5. The lowest BCUT2D eigenvalue weighted by molar-refractivity contribution is 0.245. The van der Waals surface area contributed by atoms with E-state index in [4.69, 9.17) is 18.0 Å². The van der Waals surface area contributed by atoms with E-state index in [1.54, 1.807) is 0 Å². The van der Waals surface area contributed by atoms with Crippen LogP contribution in [0.1, 0.15) is 37.0 Å². The van der Waals surface area contributed by atoms with Crippen molar-refractivity contribution in [1.82, 2.24) is 4.90 Å². The molecule has 0 aromatic heterocycles. The van der Waals surface area contributed by atoms with Gasteiger partial charge in [0.2, 0.25) is 0 Å². The number of thiocarbonyl (C=S) groups is 1. The molecule has 18 heavy (non-hydrogen) atoms. The molecule has 0 spiro atoms. The topological polar surface area (TPSA) is 29.3 Å². The zero-order valence-corrected chi connectivity index (χ0v) is 12.1. The van der Waals surface area contributed by atoms with E-state index in [1.165, 1.54) is 36.0 Å². The van der Waals surface area contributed by atoms with Gasteiger partial charge in [0, 0.05) is 19.1 Å². The summed E-state index contributed by atoms with van der Waals surface area (Å²) in [6, 6.07) is 7.35. The highest BCUT2D eigenvalue weighted by Gasteiger charge is 2.14. The molecule has 0 saturated heterocycles. The number of benzene rings is 1. The summed E-state index contributed by atoms with van der Waals surface area (Å²) in [5.41, 5.74) is 10.1. The van der Waals surface area contributed by atoms with E-state index >= 15 is 0 Å². The second kappa shape index (κ2) is 5.81. The van der Waals surface area contributed by atoms with Gasteiger partial charge in [-0.05, 0) is 49.8 Å². The average molecular weight is 262 g/mol. The molecule has 2 nitrogen and oxygen atoms in total. The summed E-state index contributed by atoms with van der Waals surface area (Å²) in [7, 11) is 0. The summed E-state index contributed by atoms with van der Waals surface area (Å²) >= 11 is 5.02. The first-order chi connectivity index (χ1) is 8.56. The Morgan fingerprint density at radius 1 is 1.33 bits per heavy atom. The van der Waals surface area contributed by atoms with E-state index in [9.17, 15) is 0 Å². The fourth-order valence-electron chi connectivity index (χ4n) is 2.58. The number of nitrogens with zero attached hydrogens (tertiary/aromatic N) is 1. The van der Waals surface area contributed by atoms with Crippen LogP contribution in [-0.2, 0) is 19.4 Å². The van der Waals surface area contributed by atoms with Crippen LogP contribution < -0.4 is 5.73 Å². The molecule has 0 amide bonds.